The van der Waals surface area contributed by atoms with Crippen LogP contribution in [0.1, 0.15) is 12.0 Å². The van der Waals surface area contributed by atoms with Crippen LogP contribution in [-0.4, -0.2) is 27.0 Å². The number of sulfonamides is 1. The van der Waals surface area contributed by atoms with E-state index in [2.05, 4.69) is 10.0 Å². The molecule has 2 aromatic rings. The first-order valence-electron chi connectivity index (χ1n) is 7.69. The first-order chi connectivity index (χ1) is 11.9. The van der Waals surface area contributed by atoms with Gasteiger partial charge in [0.2, 0.25) is 10.0 Å². The fourth-order valence-electron chi connectivity index (χ4n) is 2.60. The molecule has 0 aromatic heterocycles. The minimum absolute atomic E-state index is 0.00765. The monoisotopic (exact) mass is 364 g/mol. The molecule has 0 saturated heterocycles. The summed E-state index contributed by atoms with van der Waals surface area (Å²) >= 11 is 0. The Morgan fingerprint density at radius 3 is 2.76 bits per heavy atom. The Labute approximate surface area is 145 Å². The lowest BCUT2D eigenvalue weighted by atomic mass is 10.2. The van der Waals surface area contributed by atoms with Crippen LogP contribution in [0, 0.1) is 12.7 Å². The smallest absolute Gasteiger partial charge is 0.265 e. The van der Waals surface area contributed by atoms with Gasteiger partial charge in [0.05, 0.1) is 10.6 Å². The van der Waals surface area contributed by atoms with Crippen molar-refractivity contribution in [2.45, 2.75) is 24.3 Å². The van der Waals surface area contributed by atoms with E-state index in [0.717, 1.165) is 12.1 Å². The van der Waals surface area contributed by atoms with Gasteiger partial charge in [0, 0.05) is 13.0 Å². The molecule has 0 aliphatic carbocycles. The second-order valence-corrected chi connectivity index (χ2v) is 7.42. The third-order valence-corrected chi connectivity index (χ3v) is 5.45. The van der Waals surface area contributed by atoms with Crippen LogP contribution in [0.15, 0.2) is 47.4 Å². The molecule has 8 heteroatoms. The number of ether oxygens (including phenoxy) is 1. The van der Waals surface area contributed by atoms with Gasteiger partial charge >= 0.3 is 0 Å². The zero-order valence-corrected chi connectivity index (χ0v) is 14.3. The first kappa shape index (κ1) is 17.4. The van der Waals surface area contributed by atoms with Crippen molar-refractivity contribution in [1.82, 2.24) is 4.72 Å². The molecular weight excluding hydrogens is 347 g/mol. The molecule has 3 rings (SSSR count). The summed E-state index contributed by atoms with van der Waals surface area (Å²) in [5.74, 6) is -0.275. The molecule has 0 radical (unpaired) electrons. The van der Waals surface area contributed by atoms with Gasteiger partial charge in [-0.05, 0) is 42.8 Å². The van der Waals surface area contributed by atoms with Gasteiger partial charge in [-0.3, -0.25) is 4.79 Å². The minimum Gasteiger partial charge on any atom is -0.478 e. The molecule has 0 saturated carbocycles. The SMILES string of the molecule is Cc1cc(F)ccc1S(=O)(=O)NCCC1Oc2ccccc2NC1=O. The Kier molecular flexibility index (Phi) is 4.73. The van der Waals surface area contributed by atoms with Crippen LogP contribution >= 0.6 is 0 Å². The van der Waals surface area contributed by atoms with E-state index in [-0.39, 0.29) is 23.8 Å². The van der Waals surface area contributed by atoms with Gasteiger partial charge < -0.3 is 10.1 Å². The predicted molar refractivity (Wildman–Crippen MR) is 90.4 cm³/mol. The standard InChI is InChI=1S/C17H17FN2O4S/c1-11-10-12(18)6-7-16(11)25(22,23)19-9-8-15-17(21)20-13-4-2-3-5-14(13)24-15/h2-7,10,15,19H,8-9H2,1H3,(H,20,21). The van der Waals surface area contributed by atoms with Crippen LogP contribution < -0.4 is 14.8 Å². The fraction of sp³-hybridized carbons (Fsp3) is 0.235. The fourth-order valence-corrected chi connectivity index (χ4v) is 3.87. The van der Waals surface area contributed by atoms with Crippen molar-refractivity contribution in [3.8, 4) is 5.75 Å². The van der Waals surface area contributed by atoms with Crippen molar-refractivity contribution in [3.05, 3.63) is 53.8 Å². The molecule has 1 atom stereocenters. The molecule has 1 heterocycles. The van der Waals surface area contributed by atoms with Crippen LogP contribution in [-0.2, 0) is 14.8 Å². The number of halogens is 1. The van der Waals surface area contributed by atoms with Crippen LogP contribution in [0.4, 0.5) is 10.1 Å². The molecule has 1 unspecified atom stereocenters. The van der Waals surface area contributed by atoms with E-state index in [1.807, 2.05) is 0 Å². The largest absolute Gasteiger partial charge is 0.478 e. The molecule has 2 N–H and O–H groups in total. The number of rotatable bonds is 5. The van der Waals surface area contributed by atoms with E-state index in [4.69, 9.17) is 4.74 Å². The Hall–Kier alpha value is -2.45. The molecule has 0 fully saturated rings. The van der Waals surface area contributed by atoms with E-state index in [9.17, 15) is 17.6 Å². The third-order valence-electron chi connectivity index (χ3n) is 3.83. The number of para-hydroxylation sites is 2. The highest BCUT2D eigenvalue weighted by atomic mass is 32.2. The highest BCUT2D eigenvalue weighted by molar-refractivity contribution is 7.89. The number of anilines is 1. The molecule has 1 amide bonds. The average Bonchev–Trinajstić information content (AvgIpc) is 2.54. The molecule has 25 heavy (non-hydrogen) atoms. The summed E-state index contributed by atoms with van der Waals surface area (Å²) in [5.41, 5.74) is 0.902. The average molecular weight is 364 g/mol. The Bertz CT molecular complexity index is 915. The number of carbonyl (C=O) groups excluding carboxylic acids is 1. The maximum absolute atomic E-state index is 13.1. The number of carbonyl (C=O) groups is 1. The summed E-state index contributed by atoms with van der Waals surface area (Å²) in [6.45, 7) is 1.53. The van der Waals surface area contributed by atoms with Gasteiger partial charge in [0.25, 0.3) is 5.91 Å². The van der Waals surface area contributed by atoms with E-state index < -0.39 is 21.9 Å². The first-order valence-corrected chi connectivity index (χ1v) is 9.17. The second-order valence-electron chi connectivity index (χ2n) is 5.69. The van der Waals surface area contributed by atoms with Gasteiger partial charge in [-0.1, -0.05) is 12.1 Å². The van der Waals surface area contributed by atoms with E-state index in [0.29, 0.717) is 17.0 Å². The summed E-state index contributed by atoms with van der Waals surface area (Å²) in [7, 11) is -3.79. The van der Waals surface area contributed by atoms with Crippen molar-refractivity contribution < 1.29 is 22.3 Å². The lowest BCUT2D eigenvalue weighted by molar-refractivity contribution is -0.123. The molecule has 2 aromatic carbocycles. The molecule has 1 aliphatic heterocycles. The molecule has 1 aliphatic rings. The van der Waals surface area contributed by atoms with Crippen LogP contribution in [0.2, 0.25) is 0 Å². The summed E-state index contributed by atoms with van der Waals surface area (Å²) in [5, 5.41) is 2.72. The van der Waals surface area contributed by atoms with Crippen LogP contribution in [0.5, 0.6) is 5.75 Å². The van der Waals surface area contributed by atoms with E-state index in [1.165, 1.54) is 13.0 Å². The lowest BCUT2D eigenvalue weighted by Gasteiger charge is -2.25. The normalized spacial score (nSPS) is 16.7. The van der Waals surface area contributed by atoms with Gasteiger partial charge in [-0.15, -0.1) is 0 Å². The number of amides is 1. The van der Waals surface area contributed by atoms with Crippen molar-refractivity contribution in [2.75, 3.05) is 11.9 Å². The summed E-state index contributed by atoms with van der Waals surface area (Å²) < 4.78 is 45.8. The Balaban J connectivity index is 1.64. The van der Waals surface area contributed by atoms with E-state index >= 15 is 0 Å². The van der Waals surface area contributed by atoms with Crippen molar-refractivity contribution in [3.63, 3.8) is 0 Å². The van der Waals surface area contributed by atoms with Gasteiger partial charge in [-0.2, -0.15) is 0 Å². The molecule has 6 nitrogen and oxygen atoms in total. The van der Waals surface area contributed by atoms with Crippen molar-refractivity contribution >= 4 is 21.6 Å². The topological polar surface area (TPSA) is 84.5 Å². The van der Waals surface area contributed by atoms with Gasteiger partial charge in [0.15, 0.2) is 6.10 Å². The lowest BCUT2D eigenvalue weighted by Crippen LogP contribution is -2.39. The van der Waals surface area contributed by atoms with Crippen molar-refractivity contribution in [2.24, 2.45) is 0 Å². The quantitative estimate of drug-likeness (QED) is 0.852. The maximum atomic E-state index is 13.1. The van der Waals surface area contributed by atoms with Crippen LogP contribution in [0.3, 0.4) is 0 Å². The molecule has 132 valence electrons. The van der Waals surface area contributed by atoms with Crippen LogP contribution in [0.25, 0.3) is 0 Å². The summed E-state index contributed by atoms with van der Waals surface area (Å²) in [6, 6.07) is 10.5. The van der Waals surface area contributed by atoms with Gasteiger partial charge in [-0.25, -0.2) is 17.5 Å². The molecule has 0 bridgehead atoms. The third kappa shape index (κ3) is 3.80. The summed E-state index contributed by atoms with van der Waals surface area (Å²) in [4.78, 5) is 12.0. The number of aryl methyl sites for hydroxylation is 1. The van der Waals surface area contributed by atoms with E-state index in [1.54, 1.807) is 24.3 Å². The number of nitrogens with one attached hydrogen (secondary N) is 2. The highest BCUT2D eigenvalue weighted by Crippen LogP contribution is 2.29. The zero-order valence-electron chi connectivity index (χ0n) is 13.5. The number of benzene rings is 2. The minimum atomic E-state index is -3.79. The van der Waals surface area contributed by atoms with Gasteiger partial charge in [0.1, 0.15) is 11.6 Å². The molecular formula is C17H17FN2O4S. The Morgan fingerprint density at radius 1 is 1.24 bits per heavy atom. The number of hydrogen-bond acceptors (Lipinski definition) is 4. The Morgan fingerprint density at radius 2 is 2.00 bits per heavy atom. The van der Waals surface area contributed by atoms with Crippen molar-refractivity contribution in [1.29, 1.82) is 0 Å². The summed E-state index contributed by atoms with van der Waals surface area (Å²) in [6.07, 6.45) is -0.619. The highest BCUT2D eigenvalue weighted by Gasteiger charge is 2.27. The zero-order chi connectivity index (χ0) is 18.0. The molecule has 0 spiro atoms. The maximum Gasteiger partial charge on any atom is 0.265 e. The predicted octanol–water partition coefficient (Wildman–Crippen LogP) is 2.20. The second kappa shape index (κ2) is 6.81. The number of hydrogen-bond donors (Lipinski definition) is 2. The number of fused-ring (bicyclic) bond motifs is 1.